The van der Waals surface area contributed by atoms with E-state index < -0.39 is 0 Å². The molecule has 0 fully saturated rings. The maximum absolute atomic E-state index is 12.7. The van der Waals surface area contributed by atoms with Gasteiger partial charge >= 0.3 is 0 Å². The fourth-order valence-corrected chi connectivity index (χ4v) is 3.16. The van der Waals surface area contributed by atoms with E-state index in [4.69, 9.17) is 0 Å². The highest BCUT2D eigenvalue weighted by Crippen LogP contribution is 2.27. The van der Waals surface area contributed by atoms with Crippen LogP contribution in [-0.2, 0) is 6.42 Å². The normalized spacial score (nSPS) is 10.8. The minimum atomic E-state index is 0.0901. The number of nitrogens with zero attached hydrogens (tertiary/aromatic N) is 1. The fourth-order valence-electron chi connectivity index (χ4n) is 2.25. The molecule has 0 spiro atoms. The summed E-state index contributed by atoms with van der Waals surface area (Å²) >= 11 is 1.61. The van der Waals surface area contributed by atoms with Crippen molar-refractivity contribution in [1.82, 2.24) is 4.98 Å². The predicted octanol–water partition coefficient (Wildman–Crippen LogP) is 4.09. The van der Waals surface area contributed by atoms with Gasteiger partial charge in [-0.3, -0.25) is 9.78 Å². The van der Waals surface area contributed by atoms with Crippen LogP contribution in [0.15, 0.2) is 48.1 Å². The number of carbonyl (C=O) groups excluding carboxylic acids is 1. The Hall–Kier alpha value is -2.00. The molecule has 2 aromatic heterocycles. The lowest BCUT2D eigenvalue weighted by atomic mass is 9.98. The number of aromatic nitrogens is 1. The number of hydrogen-bond acceptors (Lipinski definition) is 3. The Morgan fingerprint density at radius 1 is 1.21 bits per heavy atom. The topological polar surface area (TPSA) is 30.0 Å². The molecule has 0 unspecified atom stereocenters. The lowest BCUT2D eigenvalue weighted by Gasteiger charge is -2.07. The third-order valence-electron chi connectivity index (χ3n) is 3.25. The van der Waals surface area contributed by atoms with Gasteiger partial charge in [0.2, 0.25) is 0 Å². The highest BCUT2D eigenvalue weighted by atomic mass is 32.1. The molecule has 0 aliphatic carbocycles. The summed E-state index contributed by atoms with van der Waals surface area (Å²) < 4.78 is 1.06. The summed E-state index contributed by atoms with van der Waals surface area (Å²) in [4.78, 5) is 16.8. The molecule has 3 rings (SSSR count). The van der Waals surface area contributed by atoms with Gasteiger partial charge in [-0.25, -0.2) is 0 Å². The molecule has 3 aromatic rings. The standard InChI is InChI=1S/C16H13NOS/c1-2-11-10-17-8-6-13(11)15(18)14-5-3-4-12-7-9-19-16(12)14/h3-10H,2H2,1H3. The zero-order chi connectivity index (χ0) is 13.2. The van der Waals surface area contributed by atoms with Gasteiger partial charge in [-0.05, 0) is 40.9 Å². The van der Waals surface area contributed by atoms with Crippen LogP contribution >= 0.6 is 11.3 Å². The SMILES string of the molecule is CCc1cnccc1C(=O)c1cccc2ccsc12. The van der Waals surface area contributed by atoms with Gasteiger partial charge in [0.25, 0.3) is 0 Å². The Morgan fingerprint density at radius 2 is 2.11 bits per heavy atom. The number of rotatable bonds is 3. The van der Waals surface area contributed by atoms with Crippen LogP contribution < -0.4 is 0 Å². The molecule has 0 atom stereocenters. The van der Waals surface area contributed by atoms with Crippen LogP contribution in [0.2, 0.25) is 0 Å². The monoisotopic (exact) mass is 267 g/mol. The highest BCUT2D eigenvalue weighted by molar-refractivity contribution is 7.17. The minimum Gasteiger partial charge on any atom is -0.289 e. The van der Waals surface area contributed by atoms with Gasteiger partial charge in [-0.2, -0.15) is 0 Å². The number of hydrogen-bond donors (Lipinski definition) is 0. The summed E-state index contributed by atoms with van der Waals surface area (Å²) in [6.45, 7) is 2.04. The van der Waals surface area contributed by atoms with Crippen molar-refractivity contribution in [3.8, 4) is 0 Å². The number of fused-ring (bicyclic) bond motifs is 1. The molecule has 3 heteroatoms. The van der Waals surface area contributed by atoms with E-state index in [1.54, 1.807) is 23.7 Å². The third kappa shape index (κ3) is 2.06. The Kier molecular flexibility index (Phi) is 3.13. The number of thiophene rings is 1. The Morgan fingerprint density at radius 3 is 2.95 bits per heavy atom. The summed E-state index contributed by atoms with van der Waals surface area (Å²) in [5, 5.41) is 3.15. The van der Waals surface area contributed by atoms with E-state index in [1.807, 2.05) is 42.6 Å². The summed E-state index contributed by atoms with van der Waals surface area (Å²) in [7, 11) is 0. The molecule has 0 bridgehead atoms. The van der Waals surface area contributed by atoms with Gasteiger partial charge in [0, 0.05) is 28.2 Å². The number of carbonyl (C=O) groups is 1. The number of benzene rings is 1. The van der Waals surface area contributed by atoms with Crippen LogP contribution in [0.25, 0.3) is 10.1 Å². The van der Waals surface area contributed by atoms with E-state index in [1.165, 1.54) is 0 Å². The molecule has 2 heterocycles. The summed E-state index contributed by atoms with van der Waals surface area (Å²) in [5.74, 6) is 0.0901. The van der Waals surface area contributed by atoms with Crippen molar-refractivity contribution in [2.75, 3.05) is 0 Å². The molecule has 2 nitrogen and oxygen atoms in total. The second kappa shape index (κ2) is 4.94. The molecule has 1 aromatic carbocycles. The van der Waals surface area contributed by atoms with E-state index in [0.717, 1.165) is 33.2 Å². The minimum absolute atomic E-state index is 0.0901. The molecule has 0 saturated carbocycles. The van der Waals surface area contributed by atoms with Crippen molar-refractivity contribution in [3.63, 3.8) is 0 Å². The number of aryl methyl sites for hydroxylation is 1. The van der Waals surface area contributed by atoms with Crippen molar-refractivity contribution in [2.45, 2.75) is 13.3 Å². The Bertz CT molecular complexity index is 745. The number of ketones is 1. The largest absolute Gasteiger partial charge is 0.289 e. The zero-order valence-corrected chi connectivity index (χ0v) is 11.4. The van der Waals surface area contributed by atoms with Crippen molar-refractivity contribution >= 4 is 27.2 Å². The average Bonchev–Trinajstić information content (AvgIpc) is 2.94. The van der Waals surface area contributed by atoms with Crippen LogP contribution in [0.1, 0.15) is 28.4 Å². The quantitative estimate of drug-likeness (QED) is 0.669. The van der Waals surface area contributed by atoms with E-state index in [2.05, 4.69) is 4.98 Å². The van der Waals surface area contributed by atoms with Crippen molar-refractivity contribution in [1.29, 1.82) is 0 Å². The average molecular weight is 267 g/mol. The first-order chi connectivity index (χ1) is 9.31. The fraction of sp³-hybridized carbons (Fsp3) is 0.125. The molecule has 19 heavy (non-hydrogen) atoms. The molecule has 0 amide bonds. The van der Waals surface area contributed by atoms with Gasteiger partial charge in [0.15, 0.2) is 5.78 Å². The van der Waals surface area contributed by atoms with Gasteiger partial charge in [-0.1, -0.05) is 19.1 Å². The zero-order valence-electron chi connectivity index (χ0n) is 10.6. The first kappa shape index (κ1) is 12.1. The third-order valence-corrected chi connectivity index (χ3v) is 4.22. The van der Waals surface area contributed by atoms with Crippen LogP contribution in [0.5, 0.6) is 0 Å². The Labute approximate surface area is 115 Å². The lowest BCUT2D eigenvalue weighted by molar-refractivity contribution is 0.103. The lowest BCUT2D eigenvalue weighted by Crippen LogP contribution is -2.05. The maximum atomic E-state index is 12.7. The molecule has 0 aliphatic heterocycles. The van der Waals surface area contributed by atoms with Crippen LogP contribution in [0, 0.1) is 0 Å². The molecular weight excluding hydrogens is 254 g/mol. The molecule has 0 saturated heterocycles. The first-order valence-corrected chi connectivity index (χ1v) is 7.13. The molecule has 94 valence electrons. The van der Waals surface area contributed by atoms with Crippen LogP contribution in [0.4, 0.5) is 0 Å². The smallest absolute Gasteiger partial charge is 0.194 e. The van der Waals surface area contributed by atoms with E-state index in [-0.39, 0.29) is 5.78 Å². The van der Waals surface area contributed by atoms with Crippen molar-refractivity contribution in [3.05, 3.63) is 64.8 Å². The second-order valence-electron chi connectivity index (χ2n) is 4.36. The summed E-state index contributed by atoms with van der Waals surface area (Å²) in [6.07, 6.45) is 4.28. The van der Waals surface area contributed by atoms with Gasteiger partial charge in [0.1, 0.15) is 0 Å². The van der Waals surface area contributed by atoms with E-state index in [0.29, 0.717) is 0 Å². The maximum Gasteiger partial charge on any atom is 0.194 e. The van der Waals surface area contributed by atoms with Gasteiger partial charge < -0.3 is 0 Å². The number of pyridine rings is 1. The highest BCUT2D eigenvalue weighted by Gasteiger charge is 2.15. The van der Waals surface area contributed by atoms with E-state index >= 15 is 0 Å². The molecule has 0 N–H and O–H groups in total. The van der Waals surface area contributed by atoms with Crippen molar-refractivity contribution < 1.29 is 4.79 Å². The van der Waals surface area contributed by atoms with Crippen LogP contribution in [-0.4, -0.2) is 10.8 Å². The van der Waals surface area contributed by atoms with E-state index in [9.17, 15) is 4.79 Å². The van der Waals surface area contributed by atoms with Gasteiger partial charge in [-0.15, -0.1) is 11.3 Å². The summed E-state index contributed by atoms with van der Waals surface area (Å²) in [5.41, 5.74) is 2.55. The summed E-state index contributed by atoms with van der Waals surface area (Å²) in [6, 6.07) is 9.74. The van der Waals surface area contributed by atoms with Crippen LogP contribution in [0.3, 0.4) is 0 Å². The Balaban J connectivity index is 2.16. The molecule has 0 radical (unpaired) electrons. The van der Waals surface area contributed by atoms with Crippen molar-refractivity contribution in [2.24, 2.45) is 0 Å². The van der Waals surface area contributed by atoms with Gasteiger partial charge in [0.05, 0.1) is 0 Å². The molecular formula is C16H13NOS. The first-order valence-electron chi connectivity index (χ1n) is 6.25. The molecule has 0 aliphatic rings. The second-order valence-corrected chi connectivity index (χ2v) is 5.28. The predicted molar refractivity (Wildman–Crippen MR) is 78.9 cm³/mol.